The molecule has 0 fully saturated rings. The molecule has 1 atom stereocenters. The normalized spacial score (nSPS) is 21.5. The van der Waals surface area contributed by atoms with E-state index < -0.39 is 7.82 Å². The smallest absolute Gasteiger partial charge is 0.394 e. The van der Waals surface area contributed by atoms with Gasteiger partial charge in [0, 0.05) is 17.0 Å². The zero-order valence-corrected chi connectivity index (χ0v) is 22.1. The molecule has 4 nitrogen and oxygen atoms in total. The first kappa shape index (κ1) is 24.9. The molecular formula is C27H39O4P. The molecule has 2 aromatic carbocycles. The Balaban J connectivity index is 2.27. The fourth-order valence-electron chi connectivity index (χ4n) is 5.15. The quantitative estimate of drug-likeness (QED) is 0.422. The minimum absolute atomic E-state index is 0.0740. The van der Waals surface area contributed by atoms with Crippen LogP contribution >= 0.6 is 7.82 Å². The third-order valence-corrected chi connectivity index (χ3v) is 7.33. The Morgan fingerprint density at radius 3 is 1.81 bits per heavy atom. The van der Waals surface area contributed by atoms with Crippen LogP contribution in [-0.4, -0.2) is 6.61 Å². The lowest BCUT2D eigenvalue weighted by Crippen LogP contribution is -2.19. The maximum atomic E-state index is 13.7. The number of aryl methyl sites for hydroxylation is 4. The third-order valence-electron chi connectivity index (χ3n) is 5.94. The average Bonchev–Trinajstić information content (AvgIpc) is 2.62. The van der Waals surface area contributed by atoms with Gasteiger partial charge in [0.1, 0.15) is 11.5 Å². The molecule has 0 aromatic heterocycles. The van der Waals surface area contributed by atoms with Crippen LogP contribution in [0.2, 0.25) is 0 Å². The van der Waals surface area contributed by atoms with Gasteiger partial charge in [0.15, 0.2) is 0 Å². The predicted octanol–water partition coefficient (Wildman–Crippen LogP) is 8.43. The SMILES string of the molecule is CCOP1(=O)Oc2c(C)cc(C)cc2C(CC(C)CC(C)(C)C)c2cc(C)cc(C)c2O1. The van der Waals surface area contributed by atoms with Crippen molar-refractivity contribution in [2.24, 2.45) is 11.3 Å². The number of hydrogen-bond acceptors (Lipinski definition) is 4. The van der Waals surface area contributed by atoms with Gasteiger partial charge in [-0.2, -0.15) is 0 Å². The first-order valence-corrected chi connectivity index (χ1v) is 13.1. The van der Waals surface area contributed by atoms with Crippen LogP contribution in [0, 0.1) is 39.0 Å². The molecule has 1 aliphatic heterocycles. The number of rotatable bonds is 5. The Morgan fingerprint density at radius 2 is 1.41 bits per heavy atom. The number of phosphoric acid groups is 1. The van der Waals surface area contributed by atoms with Crippen LogP contribution in [0.4, 0.5) is 0 Å². The van der Waals surface area contributed by atoms with Crippen molar-refractivity contribution in [1.29, 1.82) is 0 Å². The van der Waals surface area contributed by atoms with E-state index in [0.29, 0.717) is 17.4 Å². The second-order valence-electron chi connectivity index (χ2n) is 10.7. The van der Waals surface area contributed by atoms with Crippen LogP contribution in [0.5, 0.6) is 11.5 Å². The predicted molar refractivity (Wildman–Crippen MR) is 132 cm³/mol. The van der Waals surface area contributed by atoms with Gasteiger partial charge in [-0.1, -0.05) is 63.1 Å². The second kappa shape index (κ2) is 9.23. The zero-order valence-electron chi connectivity index (χ0n) is 21.2. The molecule has 2 aromatic rings. The largest absolute Gasteiger partial charge is 0.587 e. The lowest BCUT2D eigenvalue weighted by atomic mass is 9.76. The molecule has 0 saturated carbocycles. The summed E-state index contributed by atoms with van der Waals surface area (Å²) < 4.78 is 31.5. The molecule has 0 spiro atoms. The van der Waals surface area contributed by atoms with Crippen molar-refractivity contribution in [3.05, 3.63) is 57.6 Å². The van der Waals surface area contributed by atoms with Crippen molar-refractivity contribution in [3.63, 3.8) is 0 Å². The lowest BCUT2D eigenvalue weighted by Gasteiger charge is -2.33. The second-order valence-corrected chi connectivity index (χ2v) is 12.2. The van der Waals surface area contributed by atoms with E-state index in [2.05, 4.69) is 65.8 Å². The number of phosphoric ester groups is 1. The highest BCUT2D eigenvalue weighted by Gasteiger charge is 2.39. The highest BCUT2D eigenvalue weighted by Crippen LogP contribution is 2.57. The summed E-state index contributed by atoms with van der Waals surface area (Å²) in [6.45, 7) is 19.4. The van der Waals surface area contributed by atoms with Crippen LogP contribution in [0.1, 0.15) is 86.8 Å². The summed E-state index contributed by atoms with van der Waals surface area (Å²) in [4.78, 5) is 0. The zero-order chi connectivity index (χ0) is 23.8. The minimum atomic E-state index is -3.83. The Hall–Kier alpha value is -1.77. The summed E-state index contributed by atoms with van der Waals surface area (Å²) in [6.07, 6.45) is 2.07. The first-order chi connectivity index (χ1) is 14.8. The van der Waals surface area contributed by atoms with E-state index in [4.69, 9.17) is 13.6 Å². The van der Waals surface area contributed by atoms with Crippen LogP contribution in [-0.2, 0) is 9.09 Å². The summed E-state index contributed by atoms with van der Waals surface area (Å²) in [7, 11) is -3.83. The fourth-order valence-corrected chi connectivity index (χ4v) is 6.55. The van der Waals surface area contributed by atoms with E-state index in [9.17, 15) is 4.57 Å². The van der Waals surface area contributed by atoms with Gasteiger partial charge in [0.05, 0.1) is 6.61 Å². The van der Waals surface area contributed by atoms with E-state index in [1.165, 1.54) is 0 Å². The van der Waals surface area contributed by atoms with Crippen LogP contribution in [0.15, 0.2) is 24.3 Å². The molecule has 5 heteroatoms. The van der Waals surface area contributed by atoms with Gasteiger partial charge in [-0.3, -0.25) is 4.52 Å². The van der Waals surface area contributed by atoms with E-state index in [0.717, 1.165) is 46.2 Å². The topological polar surface area (TPSA) is 44.8 Å². The maximum Gasteiger partial charge on any atom is 0.587 e. The average molecular weight is 459 g/mol. The third kappa shape index (κ3) is 5.58. The van der Waals surface area contributed by atoms with Gasteiger partial charge in [0.2, 0.25) is 0 Å². The first-order valence-electron chi connectivity index (χ1n) is 11.7. The van der Waals surface area contributed by atoms with Crippen LogP contribution in [0.25, 0.3) is 0 Å². The molecule has 176 valence electrons. The van der Waals surface area contributed by atoms with Crippen molar-refractivity contribution < 1.29 is 18.1 Å². The molecule has 1 heterocycles. The molecule has 0 N–H and O–H groups in total. The van der Waals surface area contributed by atoms with Gasteiger partial charge in [0.25, 0.3) is 0 Å². The van der Waals surface area contributed by atoms with Crippen molar-refractivity contribution in [2.45, 2.75) is 81.1 Å². The van der Waals surface area contributed by atoms with Gasteiger partial charge >= 0.3 is 7.82 Å². The molecule has 1 aliphatic rings. The highest BCUT2D eigenvalue weighted by atomic mass is 31.2. The van der Waals surface area contributed by atoms with Gasteiger partial charge in [-0.05, 0) is 69.9 Å². The van der Waals surface area contributed by atoms with E-state index in [-0.39, 0.29) is 17.9 Å². The monoisotopic (exact) mass is 458 g/mol. The minimum Gasteiger partial charge on any atom is -0.394 e. The Labute approximate surface area is 194 Å². The van der Waals surface area contributed by atoms with E-state index in [1.54, 1.807) is 6.92 Å². The molecule has 1 unspecified atom stereocenters. The molecule has 0 aliphatic carbocycles. The standard InChI is InChI=1S/C27H39O4P/c1-10-29-32(28)30-25-20(5)11-17(2)13-23(25)22(15-19(4)16-27(7,8)9)24-14-18(3)12-21(6)26(24)31-32/h11-14,19,22H,10,15-16H2,1-9H3. The molecular weight excluding hydrogens is 419 g/mol. The van der Waals surface area contributed by atoms with Gasteiger partial charge < -0.3 is 9.05 Å². The van der Waals surface area contributed by atoms with Crippen molar-refractivity contribution >= 4 is 7.82 Å². The molecule has 0 radical (unpaired) electrons. The summed E-state index contributed by atoms with van der Waals surface area (Å²) in [5.74, 6) is 1.82. The summed E-state index contributed by atoms with van der Waals surface area (Å²) in [5.41, 5.74) is 6.61. The van der Waals surface area contributed by atoms with Gasteiger partial charge in [-0.15, -0.1) is 0 Å². The Kier molecular flexibility index (Phi) is 7.17. The van der Waals surface area contributed by atoms with Crippen LogP contribution < -0.4 is 9.05 Å². The summed E-state index contributed by atoms with van der Waals surface area (Å²) in [5, 5.41) is 0. The maximum absolute atomic E-state index is 13.7. The molecule has 32 heavy (non-hydrogen) atoms. The van der Waals surface area contributed by atoms with Crippen molar-refractivity contribution in [1.82, 2.24) is 0 Å². The molecule has 3 rings (SSSR count). The van der Waals surface area contributed by atoms with E-state index in [1.807, 2.05) is 13.8 Å². The Morgan fingerprint density at radius 1 is 0.938 bits per heavy atom. The van der Waals surface area contributed by atoms with Crippen molar-refractivity contribution in [2.75, 3.05) is 6.61 Å². The summed E-state index contributed by atoms with van der Waals surface area (Å²) >= 11 is 0. The van der Waals surface area contributed by atoms with Crippen LogP contribution in [0.3, 0.4) is 0 Å². The molecule has 0 saturated heterocycles. The molecule has 0 bridgehead atoms. The van der Waals surface area contributed by atoms with Crippen molar-refractivity contribution in [3.8, 4) is 11.5 Å². The Bertz CT molecular complexity index is 969. The number of benzene rings is 2. The molecule has 0 amide bonds. The number of fused-ring (bicyclic) bond motifs is 2. The van der Waals surface area contributed by atoms with Gasteiger partial charge in [-0.25, -0.2) is 4.57 Å². The van der Waals surface area contributed by atoms with E-state index >= 15 is 0 Å². The highest BCUT2D eigenvalue weighted by molar-refractivity contribution is 7.49. The lowest BCUT2D eigenvalue weighted by molar-refractivity contribution is 0.214. The number of hydrogen-bond donors (Lipinski definition) is 0. The fraction of sp³-hybridized carbons (Fsp3) is 0.556. The summed E-state index contributed by atoms with van der Waals surface area (Å²) in [6, 6.07) is 8.49.